The van der Waals surface area contributed by atoms with E-state index in [9.17, 15) is 10.1 Å². The number of thiophene rings is 1. The molecule has 96 valence electrons. The van der Waals surface area contributed by atoms with E-state index >= 15 is 0 Å². The van der Waals surface area contributed by atoms with Gasteiger partial charge >= 0.3 is 5.00 Å². The van der Waals surface area contributed by atoms with Crippen molar-refractivity contribution in [1.29, 1.82) is 0 Å². The largest absolute Gasteiger partial charge is 0.324 e. The predicted octanol–water partition coefficient (Wildman–Crippen LogP) is 3.57. The molecule has 0 amide bonds. The lowest BCUT2D eigenvalue weighted by molar-refractivity contribution is -0.380. The van der Waals surface area contributed by atoms with Crippen LogP contribution in [-0.2, 0) is 6.54 Å². The van der Waals surface area contributed by atoms with E-state index in [1.54, 1.807) is 6.07 Å². The summed E-state index contributed by atoms with van der Waals surface area (Å²) in [5, 5.41) is 14.1. The molecule has 1 heterocycles. The van der Waals surface area contributed by atoms with E-state index in [1.165, 1.54) is 17.8 Å². The van der Waals surface area contributed by atoms with Crippen LogP contribution in [0.15, 0.2) is 12.1 Å². The molecule has 17 heavy (non-hydrogen) atoms. The van der Waals surface area contributed by atoms with E-state index in [-0.39, 0.29) is 9.92 Å². The molecule has 1 rings (SSSR count). The second-order valence-electron chi connectivity index (χ2n) is 4.75. The standard InChI is InChI=1S/C12H20N2O2S/c1-9(2)4-5-10(3)13-8-11-6-7-12(17-11)14(15)16/h6-7,9-10,13H,4-5,8H2,1-3H3. The van der Waals surface area contributed by atoms with Gasteiger partial charge in [-0.1, -0.05) is 25.2 Å². The highest BCUT2D eigenvalue weighted by Gasteiger charge is 2.10. The molecule has 1 aromatic heterocycles. The molecule has 0 fully saturated rings. The Morgan fingerprint density at radius 1 is 1.35 bits per heavy atom. The lowest BCUT2D eigenvalue weighted by Crippen LogP contribution is -2.25. The van der Waals surface area contributed by atoms with E-state index < -0.39 is 0 Å². The summed E-state index contributed by atoms with van der Waals surface area (Å²) in [4.78, 5) is 11.2. The molecule has 0 saturated heterocycles. The first-order chi connectivity index (χ1) is 7.99. The van der Waals surface area contributed by atoms with Crippen LogP contribution >= 0.6 is 11.3 Å². The van der Waals surface area contributed by atoms with Gasteiger partial charge in [-0.3, -0.25) is 10.1 Å². The topological polar surface area (TPSA) is 55.2 Å². The minimum Gasteiger partial charge on any atom is -0.309 e. The summed E-state index contributed by atoms with van der Waals surface area (Å²) in [6.07, 6.45) is 2.35. The van der Waals surface area contributed by atoms with Gasteiger partial charge in [-0.15, -0.1) is 0 Å². The van der Waals surface area contributed by atoms with Crippen LogP contribution in [0.1, 0.15) is 38.5 Å². The summed E-state index contributed by atoms with van der Waals surface area (Å²) < 4.78 is 0. The van der Waals surface area contributed by atoms with Crippen LogP contribution in [0.3, 0.4) is 0 Å². The van der Waals surface area contributed by atoms with Crippen molar-refractivity contribution in [2.45, 2.75) is 46.2 Å². The Morgan fingerprint density at radius 2 is 2.06 bits per heavy atom. The molecule has 1 N–H and O–H groups in total. The fourth-order valence-corrected chi connectivity index (χ4v) is 2.29. The first kappa shape index (κ1) is 14.1. The molecule has 0 spiro atoms. The normalized spacial score (nSPS) is 12.9. The van der Waals surface area contributed by atoms with Gasteiger partial charge in [0.15, 0.2) is 0 Å². The fraction of sp³-hybridized carbons (Fsp3) is 0.667. The summed E-state index contributed by atoms with van der Waals surface area (Å²) in [6, 6.07) is 3.85. The van der Waals surface area contributed by atoms with Crippen molar-refractivity contribution in [3.8, 4) is 0 Å². The number of nitrogens with one attached hydrogen (secondary N) is 1. The molecular formula is C12H20N2O2S. The van der Waals surface area contributed by atoms with Gasteiger partial charge in [-0.05, 0) is 31.7 Å². The third-order valence-corrected chi connectivity index (χ3v) is 3.67. The molecule has 0 aliphatic carbocycles. The second-order valence-corrected chi connectivity index (χ2v) is 5.90. The van der Waals surface area contributed by atoms with Crippen molar-refractivity contribution in [2.75, 3.05) is 0 Å². The first-order valence-electron chi connectivity index (χ1n) is 5.95. The Labute approximate surface area is 106 Å². The van der Waals surface area contributed by atoms with Gasteiger partial charge in [-0.2, -0.15) is 0 Å². The molecule has 0 aliphatic rings. The molecule has 1 atom stereocenters. The molecule has 0 radical (unpaired) electrons. The lowest BCUT2D eigenvalue weighted by atomic mass is 10.0. The van der Waals surface area contributed by atoms with E-state index in [1.807, 2.05) is 6.07 Å². The maximum atomic E-state index is 10.5. The Hall–Kier alpha value is -0.940. The summed E-state index contributed by atoms with van der Waals surface area (Å²) in [5.41, 5.74) is 0. The van der Waals surface area contributed by atoms with Crippen molar-refractivity contribution < 1.29 is 4.92 Å². The number of nitro groups is 1. The highest BCUT2D eigenvalue weighted by atomic mass is 32.1. The van der Waals surface area contributed by atoms with E-state index in [0.717, 1.165) is 23.8 Å². The van der Waals surface area contributed by atoms with Gasteiger partial charge in [0.2, 0.25) is 0 Å². The third-order valence-electron chi connectivity index (χ3n) is 2.63. The van der Waals surface area contributed by atoms with Crippen molar-refractivity contribution >= 4 is 16.3 Å². The summed E-state index contributed by atoms with van der Waals surface area (Å²) in [6.45, 7) is 7.31. The summed E-state index contributed by atoms with van der Waals surface area (Å²) in [5.74, 6) is 0.724. The monoisotopic (exact) mass is 256 g/mol. The molecule has 0 saturated carbocycles. The maximum Gasteiger partial charge on any atom is 0.324 e. The van der Waals surface area contributed by atoms with Crippen LogP contribution in [-0.4, -0.2) is 11.0 Å². The first-order valence-corrected chi connectivity index (χ1v) is 6.77. The van der Waals surface area contributed by atoms with E-state index in [2.05, 4.69) is 26.1 Å². The van der Waals surface area contributed by atoms with Gasteiger partial charge in [0.25, 0.3) is 0 Å². The summed E-state index contributed by atoms with van der Waals surface area (Å²) in [7, 11) is 0. The maximum absolute atomic E-state index is 10.5. The van der Waals surface area contributed by atoms with Crippen molar-refractivity contribution in [2.24, 2.45) is 5.92 Å². The van der Waals surface area contributed by atoms with Crippen LogP contribution < -0.4 is 5.32 Å². The smallest absolute Gasteiger partial charge is 0.309 e. The number of hydrogen-bond acceptors (Lipinski definition) is 4. The minimum absolute atomic E-state index is 0.219. The second kappa shape index (κ2) is 6.71. The zero-order valence-electron chi connectivity index (χ0n) is 10.6. The average molecular weight is 256 g/mol. The van der Waals surface area contributed by atoms with Gasteiger partial charge < -0.3 is 5.32 Å². The molecule has 5 heteroatoms. The average Bonchev–Trinajstić information content (AvgIpc) is 2.72. The SMILES string of the molecule is CC(C)CCC(C)NCc1ccc([N+](=O)[O-])s1. The Morgan fingerprint density at radius 3 is 2.59 bits per heavy atom. The van der Waals surface area contributed by atoms with Gasteiger partial charge in [0, 0.05) is 23.5 Å². The van der Waals surface area contributed by atoms with Crippen LogP contribution in [0.5, 0.6) is 0 Å². The highest BCUT2D eigenvalue weighted by molar-refractivity contribution is 7.15. The van der Waals surface area contributed by atoms with Crippen LogP contribution in [0.2, 0.25) is 0 Å². The minimum atomic E-state index is -0.337. The van der Waals surface area contributed by atoms with E-state index in [0.29, 0.717) is 6.04 Å². The zero-order valence-corrected chi connectivity index (χ0v) is 11.4. The van der Waals surface area contributed by atoms with Gasteiger partial charge in [0.1, 0.15) is 0 Å². The Bertz CT molecular complexity index is 363. The quantitative estimate of drug-likeness (QED) is 0.599. The van der Waals surface area contributed by atoms with Gasteiger partial charge in [-0.25, -0.2) is 0 Å². The third kappa shape index (κ3) is 5.28. The molecule has 0 aromatic carbocycles. The van der Waals surface area contributed by atoms with Crippen LogP contribution in [0.25, 0.3) is 0 Å². The van der Waals surface area contributed by atoms with Crippen LogP contribution in [0.4, 0.5) is 5.00 Å². The predicted molar refractivity (Wildman–Crippen MR) is 71.3 cm³/mol. The Balaban J connectivity index is 2.31. The Kier molecular flexibility index (Phi) is 5.58. The van der Waals surface area contributed by atoms with Crippen molar-refractivity contribution in [1.82, 2.24) is 5.32 Å². The highest BCUT2D eigenvalue weighted by Crippen LogP contribution is 2.23. The molecule has 1 unspecified atom stereocenters. The molecular weight excluding hydrogens is 236 g/mol. The van der Waals surface area contributed by atoms with Crippen molar-refractivity contribution in [3.05, 3.63) is 27.1 Å². The van der Waals surface area contributed by atoms with Crippen LogP contribution in [0, 0.1) is 16.0 Å². The van der Waals surface area contributed by atoms with Crippen molar-refractivity contribution in [3.63, 3.8) is 0 Å². The molecule has 1 aromatic rings. The molecule has 4 nitrogen and oxygen atoms in total. The van der Waals surface area contributed by atoms with E-state index in [4.69, 9.17) is 0 Å². The number of hydrogen-bond donors (Lipinski definition) is 1. The van der Waals surface area contributed by atoms with Gasteiger partial charge in [0.05, 0.1) is 4.92 Å². The number of rotatable bonds is 7. The number of nitrogens with zero attached hydrogens (tertiary/aromatic N) is 1. The molecule has 0 bridgehead atoms. The summed E-state index contributed by atoms with van der Waals surface area (Å²) >= 11 is 1.25. The lowest BCUT2D eigenvalue weighted by Gasteiger charge is -2.14. The molecule has 0 aliphatic heterocycles. The fourth-order valence-electron chi connectivity index (χ4n) is 1.52. The zero-order chi connectivity index (χ0) is 12.8.